The number of rotatable bonds is 4. The van der Waals surface area contributed by atoms with E-state index >= 15 is 0 Å². The first kappa shape index (κ1) is 16.7. The molecular weight excluding hydrogens is 276 g/mol. The summed E-state index contributed by atoms with van der Waals surface area (Å²) in [6, 6.07) is 8.05. The molecule has 2 amide bonds. The van der Waals surface area contributed by atoms with Crippen LogP contribution >= 0.6 is 0 Å². The summed E-state index contributed by atoms with van der Waals surface area (Å²) in [4.78, 5) is 14.1. The van der Waals surface area contributed by atoms with Crippen LogP contribution in [0.25, 0.3) is 0 Å². The van der Waals surface area contributed by atoms with Gasteiger partial charge in [-0.15, -0.1) is 0 Å². The highest BCUT2D eigenvalue weighted by Crippen LogP contribution is 2.19. The maximum Gasteiger partial charge on any atom is 0.320 e. The molecule has 1 aromatic carbocycles. The molecule has 1 saturated heterocycles. The zero-order valence-corrected chi connectivity index (χ0v) is 14.0. The Balaban J connectivity index is 1.83. The zero-order valence-electron chi connectivity index (χ0n) is 14.0. The topological polar surface area (TPSA) is 41.6 Å². The van der Waals surface area contributed by atoms with Crippen LogP contribution in [0.5, 0.6) is 5.75 Å². The second-order valence-corrected chi connectivity index (χ2v) is 6.33. The standard InChI is InChI=1S/C18H28N2O2/c1-14(2)16-8-10-17(11-9-16)22-15(3)19-18(21)20-12-6-4-5-7-13-20/h8-11,14-15H,4-7,12-13H2,1-3H3,(H,19,21). The predicted octanol–water partition coefficient (Wildman–Crippen LogP) is 4.12. The van der Waals surface area contributed by atoms with Gasteiger partial charge in [-0.2, -0.15) is 0 Å². The molecule has 122 valence electrons. The molecule has 0 bridgehead atoms. The summed E-state index contributed by atoms with van der Waals surface area (Å²) in [6.07, 6.45) is 4.30. The summed E-state index contributed by atoms with van der Waals surface area (Å²) in [5.74, 6) is 1.29. The molecule has 1 aliphatic rings. The van der Waals surface area contributed by atoms with Crippen LogP contribution in [-0.4, -0.2) is 30.2 Å². The van der Waals surface area contributed by atoms with E-state index in [4.69, 9.17) is 4.74 Å². The van der Waals surface area contributed by atoms with E-state index in [1.807, 2.05) is 24.0 Å². The highest BCUT2D eigenvalue weighted by Gasteiger charge is 2.17. The fourth-order valence-electron chi connectivity index (χ4n) is 2.70. The Morgan fingerprint density at radius 3 is 2.18 bits per heavy atom. The number of ether oxygens (including phenoxy) is 1. The SMILES string of the molecule is CC(NC(=O)N1CCCCCC1)Oc1ccc(C(C)C)cc1. The number of nitrogens with one attached hydrogen (secondary N) is 1. The van der Waals surface area contributed by atoms with Crippen molar-refractivity contribution in [1.82, 2.24) is 10.2 Å². The summed E-state index contributed by atoms with van der Waals surface area (Å²) in [6.45, 7) is 7.90. The number of urea groups is 1. The van der Waals surface area contributed by atoms with Crippen LogP contribution in [0.3, 0.4) is 0 Å². The molecule has 4 nitrogen and oxygen atoms in total. The lowest BCUT2D eigenvalue weighted by Crippen LogP contribution is -2.46. The van der Waals surface area contributed by atoms with Gasteiger partial charge in [0.15, 0.2) is 6.23 Å². The van der Waals surface area contributed by atoms with Gasteiger partial charge in [-0.05, 0) is 43.4 Å². The molecule has 1 aromatic rings. The van der Waals surface area contributed by atoms with Gasteiger partial charge in [-0.1, -0.05) is 38.8 Å². The Morgan fingerprint density at radius 1 is 1.05 bits per heavy atom. The van der Waals surface area contributed by atoms with E-state index < -0.39 is 0 Å². The molecule has 22 heavy (non-hydrogen) atoms. The van der Waals surface area contributed by atoms with Crippen molar-refractivity contribution in [2.45, 2.75) is 58.6 Å². The Hall–Kier alpha value is -1.71. The average molecular weight is 304 g/mol. The smallest absolute Gasteiger partial charge is 0.320 e. The third-order valence-electron chi connectivity index (χ3n) is 4.08. The largest absolute Gasteiger partial charge is 0.471 e. The van der Waals surface area contributed by atoms with Gasteiger partial charge in [0.25, 0.3) is 0 Å². The van der Waals surface area contributed by atoms with Crippen LogP contribution in [0, 0.1) is 0 Å². The summed E-state index contributed by atoms with van der Waals surface area (Å²) < 4.78 is 5.78. The van der Waals surface area contributed by atoms with Gasteiger partial charge < -0.3 is 15.0 Å². The van der Waals surface area contributed by atoms with Gasteiger partial charge in [0, 0.05) is 13.1 Å². The molecule has 0 aliphatic carbocycles. The molecule has 0 aromatic heterocycles. The first-order chi connectivity index (χ1) is 10.6. The number of amides is 2. The van der Waals surface area contributed by atoms with E-state index in [0.717, 1.165) is 31.7 Å². The second kappa shape index (κ2) is 8.06. The monoisotopic (exact) mass is 304 g/mol. The number of hydrogen-bond donors (Lipinski definition) is 1. The Labute approximate surface area is 133 Å². The third kappa shape index (κ3) is 4.93. The van der Waals surface area contributed by atoms with Crippen molar-refractivity contribution in [1.29, 1.82) is 0 Å². The van der Waals surface area contributed by atoms with E-state index in [0.29, 0.717) is 5.92 Å². The average Bonchev–Trinajstić information content (AvgIpc) is 2.76. The number of carbonyl (C=O) groups excluding carboxylic acids is 1. The minimum Gasteiger partial charge on any atom is -0.471 e. The highest BCUT2D eigenvalue weighted by molar-refractivity contribution is 5.74. The molecule has 1 fully saturated rings. The van der Waals surface area contributed by atoms with Crippen LogP contribution in [0.1, 0.15) is 57.9 Å². The van der Waals surface area contributed by atoms with Gasteiger partial charge in [0.1, 0.15) is 5.75 Å². The van der Waals surface area contributed by atoms with Crippen molar-refractivity contribution < 1.29 is 9.53 Å². The first-order valence-electron chi connectivity index (χ1n) is 8.38. The molecular formula is C18H28N2O2. The molecule has 1 heterocycles. The molecule has 0 radical (unpaired) electrons. The molecule has 0 spiro atoms. The fourth-order valence-corrected chi connectivity index (χ4v) is 2.70. The molecule has 1 N–H and O–H groups in total. The zero-order chi connectivity index (χ0) is 15.9. The van der Waals surface area contributed by atoms with Crippen molar-refractivity contribution >= 4 is 6.03 Å². The van der Waals surface area contributed by atoms with Crippen LogP contribution in [0.15, 0.2) is 24.3 Å². The van der Waals surface area contributed by atoms with E-state index in [1.165, 1.54) is 18.4 Å². The minimum absolute atomic E-state index is 0.0202. The summed E-state index contributed by atoms with van der Waals surface area (Å²) >= 11 is 0. The molecule has 1 atom stereocenters. The second-order valence-electron chi connectivity index (χ2n) is 6.33. The summed E-state index contributed by atoms with van der Waals surface area (Å²) in [7, 11) is 0. The molecule has 1 aliphatic heterocycles. The predicted molar refractivity (Wildman–Crippen MR) is 89.2 cm³/mol. The fraction of sp³-hybridized carbons (Fsp3) is 0.611. The van der Waals surface area contributed by atoms with E-state index in [9.17, 15) is 4.79 Å². The van der Waals surface area contributed by atoms with Gasteiger partial charge in [-0.3, -0.25) is 0 Å². The number of hydrogen-bond acceptors (Lipinski definition) is 2. The van der Waals surface area contributed by atoms with Gasteiger partial charge >= 0.3 is 6.03 Å². The van der Waals surface area contributed by atoms with Crippen molar-refractivity contribution in [2.24, 2.45) is 0 Å². The van der Waals surface area contributed by atoms with Gasteiger partial charge in [-0.25, -0.2) is 4.79 Å². The quantitative estimate of drug-likeness (QED) is 0.850. The van der Waals surface area contributed by atoms with Crippen molar-refractivity contribution in [3.05, 3.63) is 29.8 Å². The van der Waals surface area contributed by atoms with Crippen LogP contribution in [-0.2, 0) is 0 Å². The van der Waals surface area contributed by atoms with Gasteiger partial charge in [0.05, 0.1) is 0 Å². The normalized spacial score (nSPS) is 17.0. The highest BCUT2D eigenvalue weighted by atomic mass is 16.5. The van der Waals surface area contributed by atoms with Crippen molar-refractivity contribution in [2.75, 3.05) is 13.1 Å². The molecule has 0 saturated carbocycles. The molecule has 4 heteroatoms. The molecule has 2 rings (SSSR count). The van der Waals surface area contributed by atoms with E-state index in [1.54, 1.807) is 0 Å². The molecule has 1 unspecified atom stereocenters. The number of likely N-dealkylation sites (tertiary alicyclic amines) is 1. The Kier molecular flexibility index (Phi) is 6.10. The Bertz CT molecular complexity index is 462. The van der Waals surface area contributed by atoms with Gasteiger partial charge in [0.2, 0.25) is 0 Å². The van der Waals surface area contributed by atoms with Crippen molar-refractivity contribution in [3.8, 4) is 5.75 Å². The maximum absolute atomic E-state index is 12.2. The summed E-state index contributed by atoms with van der Waals surface area (Å²) in [5.41, 5.74) is 1.29. The number of benzene rings is 1. The first-order valence-corrected chi connectivity index (χ1v) is 8.38. The van der Waals surface area contributed by atoms with Crippen LogP contribution < -0.4 is 10.1 Å². The lowest BCUT2D eigenvalue weighted by Gasteiger charge is -2.24. The maximum atomic E-state index is 12.2. The van der Waals surface area contributed by atoms with E-state index in [-0.39, 0.29) is 12.3 Å². The van der Waals surface area contributed by atoms with Crippen molar-refractivity contribution in [3.63, 3.8) is 0 Å². The van der Waals surface area contributed by atoms with E-state index in [2.05, 4.69) is 31.3 Å². The lowest BCUT2D eigenvalue weighted by atomic mass is 10.0. The van der Waals surface area contributed by atoms with Crippen LogP contribution in [0.4, 0.5) is 4.79 Å². The number of nitrogens with zero attached hydrogens (tertiary/aromatic N) is 1. The lowest BCUT2D eigenvalue weighted by molar-refractivity contribution is 0.154. The summed E-state index contributed by atoms with van der Waals surface area (Å²) in [5, 5.41) is 2.93. The number of carbonyl (C=O) groups is 1. The third-order valence-corrected chi connectivity index (χ3v) is 4.08. The minimum atomic E-state index is -0.333. The van der Waals surface area contributed by atoms with Crippen LogP contribution in [0.2, 0.25) is 0 Å². The Morgan fingerprint density at radius 2 is 1.64 bits per heavy atom.